The van der Waals surface area contributed by atoms with Gasteiger partial charge in [0.2, 0.25) is 0 Å². The lowest BCUT2D eigenvalue weighted by Crippen LogP contribution is -2.17. The first-order chi connectivity index (χ1) is 9.51. The molecule has 110 valence electrons. The highest BCUT2D eigenvalue weighted by atomic mass is 79.9. The molecule has 1 aromatic carbocycles. The average molecular weight is 347 g/mol. The first-order valence-electron chi connectivity index (χ1n) is 5.76. The van der Waals surface area contributed by atoms with Crippen LogP contribution in [0.15, 0.2) is 10.5 Å². The van der Waals surface area contributed by atoms with Gasteiger partial charge < -0.3 is 19.3 Å². The van der Waals surface area contributed by atoms with Crippen LogP contribution in [0.2, 0.25) is 0 Å². The maximum atomic E-state index is 11.7. The second kappa shape index (κ2) is 7.25. The van der Waals surface area contributed by atoms with E-state index >= 15 is 0 Å². The van der Waals surface area contributed by atoms with Crippen LogP contribution >= 0.6 is 15.9 Å². The smallest absolute Gasteiger partial charge is 0.339 e. The monoisotopic (exact) mass is 346 g/mol. The van der Waals surface area contributed by atoms with Crippen molar-refractivity contribution in [2.45, 2.75) is 13.0 Å². The molecule has 1 unspecified atom stereocenters. The Morgan fingerprint density at radius 2 is 2.00 bits per heavy atom. The van der Waals surface area contributed by atoms with E-state index in [0.29, 0.717) is 10.8 Å². The van der Waals surface area contributed by atoms with Crippen molar-refractivity contribution in [3.63, 3.8) is 0 Å². The number of benzene rings is 1. The molecule has 0 fully saturated rings. The number of aliphatic hydroxyl groups is 1. The fourth-order valence-electron chi connectivity index (χ4n) is 1.74. The normalized spacial score (nSPS) is 11.7. The third-order valence-electron chi connectivity index (χ3n) is 2.57. The van der Waals surface area contributed by atoms with Crippen molar-refractivity contribution >= 4 is 28.2 Å². The SMILES string of the molecule is CCOC(=O)C(O)c1c(Br)cc(C=O)c(OC)c1OC. The minimum absolute atomic E-state index is 0.101. The van der Waals surface area contributed by atoms with Gasteiger partial charge in [0, 0.05) is 4.47 Å². The Hall–Kier alpha value is -1.60. The highest BCUT2D eigenvalue weighted by Crippen LogP contribution is 2.42. The van der Waals surface area contributed by atoms with Crippen LogP contribution in [-0.4, -0.2) is 38.2 Å². The summed E-state index contributed by atoms with van der Waals surface area (Å²) in [7, 11) is 2.71. The van der Waals surface area contributed by atoms with E-state index in [4.69, 9.17) is 14.2 Å². The summed E-state index contributed by atoms with van der Waals surface area (Å²) in [4.78, 5) is 22.7. The molecule has 1 atom stereocenters. The highest BCUT2D eigenvalue weighted by molar-refractivity contribution is 9.10. The molecule has 20 heavy (non-hydrogen) atoms. The molecule has 0 aliphatic heterocycles. The van der Waals surface area contributed by atoms with Gasteiger partial charge in [0.25, 0.3) is 0 Å². The number of hydrogen-bond donors (Lipinski definition) is 1. The largest absolute Gasteiger partial charge is 0.492 e. The molecule has 0 aliphatic rings. The number of aldehydes is 1. The summed E-state index contributed by atoms with van der Waals surface area (Å²) >= 11 is 3.20. The van der Waals surface area contributed by atoms with E-state index in [0.717, 1.165) is 0 Å². The summed E-state index contributed by atoms with van der Waals surface area (Å²) < 4.78 is 15.4. The molecule has 0 bridgehead atoms. The minimum Gasteiger partial charge on any atom is -0.492 e. The van der Waals surface area contributed by atoms with Crippen LogP contribution in [0.4, 0.5) is 0 Å². The molecule has 0 amide bonds. The number of hydrogen-bond acceptors (Lipinski definition) is 6. The van der Waals surface area contributed by atoms with Crippen molar-refractivity contribution in [1.82, 2.24) is 0 Å². The molecule has 1 N–H and O–H groups in total. The van der Waals surface area contributed by atoms with Crippen LogP contribution < -0.4 is 9.47 Å². The predicted octanol–water partition coefficient (Wildman–Crippen LogP) is 1.88. The van der Waals surface area contributed by atoms with Gasteiger partial charge in [-0.1, -0.05) is 15.9 Å². The maximum absolute atomic E-state index is 11.7. The molecule has 1 rings (SSSR count). The minimum atomic E-state index is -1.55. The number of ether oxygens (including phenoxy) is 3. The zero-order chi connectivity index (χ0) is 15.3. The Kier molecular flexibility index (Phi) is 5.97. The van der Waals surface area contributed by atoms with Gasteiger partial charge in [-0.2, -0.15) is 0 Å². The van der Waals surface area contributed by atoms with Crippen molar-refractivity contribution < 1.29 is 28.9 Å². The molecule has 0 radical (unpaired) electrons. The van der Waals surface area contributed by atoms with Crippen LogP contribution in [-0.2, 0) is 9.53 Å². The van der Waals surface area contributed by atoms with Gasteiger partial charge in [-0.25, -0.2) is 4.79 Å². The fourth-order valence-corrected chi connectivity index (χ4v) is 2.38. The highest BCUT2D eigenvalue weighted by Gasteiger charge is 2.29. The molecule has 0 saturated carbocycles. The summed E-state index contributed by atoms with van der Waals surface area (Å²) in [6, 6.07) is 1.44. The van der Waals surface area contributed by atoms with E-state index in [9.17, 15) is 14.7 Å². The summed E-state index contributed by atoms with van der Waals surface area (Å²) in [6.45, 7) is 1.77. The molecule has 0 heterocycles. The number of methoxy groups -OCH3 is 2. The fraction of sp³-hybridized carbons (Fsp3) is 0.385. The third-order valence-corrected chi connectivity index (χ3v) is 3.23. The Bertz CT molecular complexity index is 514. The number of rotatable bonds is 6. The summed E-state index contributed by atoms with van der Waals surface area (Å²) in [5.41, 5.74) is 0.379. The van der Waals surface area contributed by atoms with Crippen molar-refractivity contribution in [3.8, 4) is 11.5 Å². The van der Waals surface area contributed by atoms with E-state index in [1.807, 2.05) is 0 Å². The van der Waals surface area contributed by atoms with Crippen molar-refractivity contribution in [2.75, 3.05) is 20.8 Å². The summed E-state index contributed by atoms with van der Waals surface area (Å²) in [6.07, 6.45) is -0.957. The molecule has 7 heteroatoms. The first kappa shape index (κ1) is 16.5. The zero-order valence-electron chi connectivity index (χ0n) is 11.3. The van der Waals surface area contributed by atoms with Crippen LogP contribution in [0, 0.1) is 0 Å². The van der Waals surface area contributed by atoms with Crippen molar-refractivity contribution in [3.05, 3.63) is 21.7 Å². The Morgan fingerprint density at radius 1 is 1.40 bits per heavy atom. The topological polar surface area (TPSA) is 82.1 Å². The lowest BCUT2D eigenvalue weighted by atomic mass is 10.0. The molecule has 0 saturated heterocycles. The summed E-state index contributed by atoms with van der Waals surface area (Å²) in [5.74, 6) is -0.569. The number of carbonyl (C=O) groups excluding carboxylic acids is 2. The van der Waals surface area contributed by atoms with Crippen molar-refractivity contribution in [2.24, 2.45) is 0 Å². The lowest BCUT2D eigenvalue weighted by Gasteiger charge is -2.19. The van der Waals surface area contributed by atoms with Gasteiger partial charge >= 0.3 is 5.97 Å². The molecule has 1 aromatic rings. The van der Waals surface area contributed by atoms with Crippen molar-refractivity contribution in [1.29, 1.82) is 0 Å². The van der Waals surface area contributed by atoms with Gasteiger partial charge in [0.05, 0.1) is 32.0 Å². The molecular weight excluding hydrogens is 332 g/mol. The molecular formula is C13H15BrO6. The second-order valence-electron chi connectivity index (χ2n) is 3.70. The van der Waals surface area contributed by atoms with Crippen LogP contribution in [0.3, 0.4) is 0 Å². The van der Waals surface area contributed by atoms with E-state index in [1.54, 1.807) is 6.92 Å². The van der Waals surface area contributed by atoms with Gasteiger partial charge in [-0.05, 0) is 13.0 Å². The number of carbonyl (C=O) groups is 2. The number of halogens is 1. The second-order valence-corrected chi connectivity index (χ2v) is 4.55. The van der Waals surface area contributed by atoms with Crippen LogP contribution in [0.1, 0.15) is 28.9 Å². The number of esters is 1. The van der Waals surface area contributed by atoms with Gasteiger partial charge in [-0.3, -0.25) is 4.79 Å². The Balaban J connectivity index is 3.45. The standard InChI is InChI=1S/C13H15BrO6/c1-4-20-13(17)10(16)9-8(14)5-7(6-15)11(18-2)12(9)19-3/h5-6,10,16H,4H2,1-3H3. The maximum Gasteiger partial charge on any atom is 0.339 e. The van der Waals surface area contributed by atoms with Gasteiger partial charge in [-0.15, -0.1) is 0 Å². The molecule has 0 aliphatic carbocycles. The summed E-state index contributed by atoms with van der Waals surface area (Å²) in [5, 5.41) is 10.1. The van der Waals surface area contributed by atoms with Gasteiger partial charge in [0.15, 0.2) is 23.9 Å². The first-order valence-corrected chi connectivity index (χ1v) is 6.55. The van der Waals surface area contributed by atoms with Crippen LogP contribution in [0.25, 0.3) is 0 Å². The van der Waals surface area contributed by atoms with E-state index in [1.165, 1.54) is 20.3 Å². The molecule has 6 nitrogen and oxygen atoms in total. The lowest BCUT2D eigenvalue weighted by molar-refractivity contribution is -0.153. The Morgan fingerprint density at radius 3 is 2.45 bits per heavy atom. The Labute approximate surface area is 124 Å². The average Bonchev–Trinajstić information content (AvgIpc) is 2.45. The molecule has 0 spiro atoms. The number of aliphatic hydroxyl groups excluding tert-OH is 1. The van der Waals surface area contributed by atoms with E-state index in [-0.39, 0.29) is 29.2 Å². The van der Waals surface area contributed by atoms with E-state index in [2.05, 4.69) is 15.9 Å². The zero-order valence-corrected chi connectivity index (χ0v) is 12.9. The quantitative estimate of drug-likeness (QED) is 0.625. The molecule has 0 aromatic heterocycles. The van der Waals surface area contributed by atoms with Gasteiger partial charge in [0.1, 0.15) is 0 Å². The van der Waals surface area contributed by atoms with E-state index < -0.39 is 12.1 Å². The third kappa shape index (κ3) is 3.10. The predicted molar refractivity (Wildman–Crippen MR) is 74.2 cm³/mol. The van der Waals surface area contributed by atoms with Crippen LogP contribution in [0.5, 0.6) is 11.5 Å².